The number of alkyl halides is 3. The van der Waals surface area contributed by atoms with E-state index in [1.165, 1.54) is 12.3 Å². The third kappa shape index (κ3) is 7.23. The Labute approximate surface area is 172 Å². The van der Waals surface area contributed by atoms with E-state index >= 15 is 0 Å². The highest BCUT2D eigenvalue weighted by molar-refractivity contribution is 14.0. The van der Waals surface area contributed by atoms with Gasteiger partial charge in [0.25, 0.3) is 0 Å². The van der Waals surface area contributed by atoms with Crippen molar-refractivity contribution >= 4 is 35.8 Å². The Kier molecular flexibility index (Phi) is 9.32. The van der Waals surface area contributed by atoms with Crippen molar-refractivity contribution < 1.29 is 13.2 Å². The molecule has 0 aliphatic heterocycles. The van der Waals surface area contributed by atoms with E-state index in [1.54, 1.807) is 10.9 Å². The maximum Gasteiger partial charge on any atom is 0.419 e. The molecule has 2 rings (SSSR count). The number of hydrogen-bond donors (Lipinski definition) is 3. The molecule has 0 radical (unpaired) electrons. The van der Waals surface area contributed by atoms with Crippen molar-refractivity contribution in [1.82, 2.24) is 25.4 Å². The summed E-state index contributed by atoms with van der Waals surface area (Å²) in [6, 6.07) is 4.14. The highest BCUT2D eigenvalue weighted by atomic mass is 127. The van der Waals surface area contributed by atoms with Gasteiger partial charge in [-0.15, -0.1) is 24.0 Å². The Bertz CT molecular complexity index is 731. The monoisotopic (exact) mass is 497 g/mol. The summed E-state index contributed by atoms with van der Waals surface area (Å²) in [6.07, 6.45) is -1.42. The quantitative estimate of drug-likeness (QED) is 0.237. The number of anilines is 1. The Morgan fingerprint density at radius 3 is 2.59 bits per heavy atom. The molecule has 2 heterocycles. The predicted octanol–water partition coefficient (Wildman–Crippen LogP) is 2.62. The summed E-state index contributed by atoms with van der Waals surface area (Å²) in [5.74, 6) is 0.395. The van der Waals surface area contributed by atoms with E-state index in [0.29, 0.717) is 25.6 Å². The van der Waals surface area contributed by atoms with Crippen molar-refractivity contribution in [3.63, 3.8) is 0 Å². The standard InChI is InChI=1S/C16H22F3N7.HI/c1-3-20-15(24-11-12-6-8-25-26(12)2)23-10-9-22-14-13(16(17,18)19)5-4-7-21-14;/h4-8H,3,9-11H2,1-2H3,(H,21,22)(H2,20,23,24);1H. The molecule has 0 amide bonds. The summed E-state index contributed by atoms with van der Waals surface area (Å²) in [7, 11) is 1.83. The lowest BCUT2D eigenvalue weighted by Gasteiger charge is -2.14. The van der Waals surface area contributed by atoms with Crippen LogP contribution in [0.4, 0.5) is 19.0 Å². The molecule has 7 nitrogen and oxygen atoms in total. The molecular weight excluding hydrogens is 474 g/mol. The fourth-order valence-electron chi connectivity index (χ4n) is 2.19. The average molecular weight is 497 g/mol. The van der Waals surface area contributed by atoms with Crippen LogP contribution in [0.3, 0.4) is 0 Å². The summed E-state index contributed by atoms with van der Waals surface area (Å²) in [4.78, 5) is 8.19. The maximum atomic E-state index is 12.9. The van der Waals surface area contributed by atoms with Gasteiger partial charge in [0.1, 0.15) is 5.82 Å². The van der Waals surface area contributed by atoms with Crippen molar-refractivity contribution in [1.29, 1.82) is 0 Å². The van der Waals surface area contributed by atoms with E-state index in [1.807, 2.05) is 20.0 Å². The fourth-order valence-corrected chi connectivity index (χ4v) is 2.19. The summed E-state index contributed by atoms with van der Waals surface area (Å²) in [5.41, 5.74) is 0.167. The lowest BCUT2D eigenvalue weighted by Crippen LogP contribution is -2.39. The van der Waals surface area contributed by atoms with Crippen LogP contribution in [0.5, 0.6) is 0 Å². The fraction of sp³-hybridized carbons (Fsp3) is 0.438. The molecule has 0 spiro atoms. The second-order valence-electron chi connectivity index (χ2n) is 5.39. The van der Waals surface area contributed by atoms with Gasteiger partial charge in [0, 0.05) is 39.1 Å². The number of pyridine rings is 1. The Morgan fingerprint density at radius 1 is 1.19 bits per heavy atom. The number of guanidine groups is 1. The number of aryl methyl sites for hydroxylation is 1. The summed E-state index contributed by atoms with van der Waals surface area (Å²) in [5, 5.41) is 12.9. The first-order valence-electron chi connectivity index (χ1n) is 8.17. The van der Waals surface area contributed by atoms with E-state index in [4.69, 9.17) is 0 Å². The van der Waals surface area contributed by atoms with E-state index in [9.17, 15) is 13.2 Å². The molecule has 0 aliphatic carbocycles. The molecule has 0 saturated carbocycles. The van der Waals surface area contributed by atoms with Gasteiger partial charge in [-0.1, -0.05) is 0 Å². The summed E-state index contributed by atoms with van der Waals surface area (Å²) < 4.78 is 40.5. The van der Waals surface area contributed by atoms with Crippen LogP contribution in [0.2, 0.25) is 0 Å². The van der Waals surface area contributed by atoms with Crippen molar-refractivity contribution in [3.05, 3.63) is 41.9 Å². The van der Waals surface area contributed by atoms with Gasteiger partial charge in [-0.05, 0) is 25.1 Å². The van der Waals surface area contributed by atoms with Crippen LogP contribution in [0.25, 0.3) is 0 Å². The molecule has 2 aromatic heterocycles. The van der Waals surface area contributed by atoms with Gasteiger partial charge in [-0.2, -0.15) is 18.3 Å². The second-order valence-corrected chi connectivity index (χ2v) is 5.39. The van der Waals surface area contributed by atoms with Crippen molar-refractivity contribution in [2.75, 3.05) is 25.0 Å². The molecule has 0 aliphatic rings. The molecule has 2 aromatic rings. The number of rotatable bonds is 7. The Morgan fingerprint density at radius 2 is 1.96 bits per heavy atom. The minimum absolute atomic E-state index is 0. The number of halogens is 4. The van der Waals surface area contributed by atoms with E-state index in [2.05, 4.69) is 31.0 Å². The van der Waals surface area contributed by atoms with Crippen LogP contribution in [0.15, 0.2) is 35.6 Å². The van der Waals surface area contributed by atoms with Crippen LogP contribution in [-0.4, -0.2) is 40.4 Å². The molecule has 11 heteroatoms. The van der Waals surface area contributed by atoms with Gasteiger partial charge in [0.2, 0.25) is 0 Å². The SMILES string of the molecule is CCNC(=NCc1ccnn1C)NCCNc1ncccc1C(F)(F)F.I. The zero-order chi connectivity index (χ0) is 19.0. The third-order valence-electron chi connectivity index (χ3n) is 3.49. The number of nitrogens with zero attached hydrogens (tertiary/aromatic N) is 4. The summed E-state index contributed by atoms with van der Waals surface area (Å²) >= 11 is 0. The van der Waals surface area contributed by atoms with Gasteiger partial charge in [-0.25, -0.2) is 9.98 Å². The molecular formula is C16H23F3IN7. The number of hydrogen-bond acceptors (Lipinski definition) is 4. The smallest absolute Gasteiger partial charge is 0.368 e. The van der Waals surface area contributed by atoms with Crippen LogP contribution >= 0.6 is 24.0 Å². The molecule has 0 fully saturated rings. The zero-order valence-electron chi connectivity index (χ0n) is 15.0. The van der Waals surface area contributed by atoms with Crippen LogP contribution < -0.4 is 16.0 Å². The van der Waals surface area contributed by atoms with Crippen molar-refractivity contribution in [3.8, 4) is 0 Å². The largest absolute Gasteiger partial charge is 0.419 e. The van der Waals surface area contributed by atoms with Crippen LogP contribution in [-0.2, 0) is 19.8 Å². The molecule has 0 atom stereocenters. The van der Waals surface area contributed by atoms with Crippen molar-refractivity contribution in [2.45, 2.75) is 19.6 Å². The third-order valence-corrected chi connectivity index (χ3v) is 3.49. The van der Waals surface area contributed by atoms with Gasteiger partial charge in [0.05, 0.1) is 17.8 Å². The van der Waals surface area contributed by atoms with E-state index < -0.39 is 11.7 Å². The molecule has 0 bridgehead atoms. The summed E-state index contributed by atoms with van der Waals surface area (Å²) in [6.45, 7) is 3.69. The molecule has 0 aromatic carbocycles. The number of aliphatic imine (C=N–C) groups is 1. The van der Waals surface area contributed by atoms with Crippen LogP contribution in [0.1, 0.15) is 18.2 Å². The average Bonchev–Trinajstić information content (AvgIpc) is 3.01. The molecule has 27 heavy (non-hydrogen) atoms. The van der Waals surface area contributed by atoms with Gasteiger partial charge >= 0.3 is 6.18 Å². The highest BCUT2D eigenvalue weighted by Crippen LogP contribution is 2.33. The topological polar surface area (TPSA) is 79.2 Å². The van der Waals surface area contributed by atoms with E-state index in [-0.39, 0.29) is 36.3 Å². The minimum Gasteiger partial charge on any atom is -0.368 e. The lowest BCUT2D eigenvalue weighted by atomic mass is 10.2. The van der Waals surface area contributed by atoms with Gasteiger partial charge in [0.15, 0.2) is 5.96 Å². The maximum absolute atomic E-state index is 12.9. The molecule has 3 N–H and O–H groups in total. The first-order valence-corrected chi connectivity index (χ1v) is 8.17. The Balaban J connectivity index is 0.00000364. The van der Waals surface area contributed by atoms with Gasteiger partial charge in [-0.3, -0.25) is 4.68 Å². The molecule has 150 valence electrons. The van der Waals surface area contributed by atoms with Gasteiger partial charge < -0.3 is 16.0 Å². The first kappa shape index (κ1) is 23.0. The number of aromatic nitrogens is 3. The first-order chi connectivity index (χ1) is 12.4. The van der Waals surface area contributed by atoms with E-state index in [0.717, 1.165) is 11.8 Å². The molecule has 0 saturated heterocycles. The van der Waals surface area contributed by atoms with Crippen LogP contribution in [0, 0.1) is 0 Å². The number of nitrogens with one attached hydrogen (secondary N) is 3. The predicted molar refractivity (Wildman–Crippen MR) is 109 cm³/mol. The van der Waals surface area contributed by atoms with Crippen molar-refractivity contribution in [2.24, 2.45) is 12.0 Å². The Hall–Kier alpha value is -2.05. The normalized spacial score (nSPS) is 11.7. The lowest BCUT2D eigenvalue weighted by molar-refractivity contribution is -0.137. The molecule has 0 unspecified atom stereocenters. The highest BCUT2D eigenvalue weighted by Gasteiger charge is 2.33. The second kappa shape index (κ2) is 10.9. The zero-order valence-corrected chi connectivity index (χ0v) is 17.4. The minimum atomic E-state index is -4.44.